The van der Waals surface area contributed by atoms with Gasteiger partial charge in [0.25, 0.3) is 5.91 Å². The zero-order chi connectivity index (χ0) is 16.4. The largest absolute Gasteiger partial charge is 0.271 e. The molecule has 0 bridgehead atoms. The summed E-state index contributed by atoms with van der Waals surface area (Å²) in [7, 11) is 0. The summed E-state index contributed by atoms with van der Waals surface area (Å²) in [5.41, 5.74) is 9.23. The fourth-order valence-corrected chi connectivity index (χ4v) is 3.18. The molecule has 0 aromatic heterocycles. The van der Waals surface area contributed by atoms with Gasteiger partial charge in [-0.3, -0.25) is 4.79 Å². The molecule has 2 aromatic carbocycles. The van der Waals surface area contributed by atoms with Crippen LogP contribution in [0.1, 0.15) is 45.5 Å². The summed E-state index contributed by atoms with van der Waals surface area (Å²) in [5.74, 6) is -0.217. The Balaban J connectivity index is 1.84. The van der Waals surface area contributed by atoms with Gasteiger partial charge in [0.05, 0.1) is 5.71 Å². The molecule has 0 saturated carbocycles. The smallest absolute Gasteiger partial charge is 0.267 e. The molecule has 3 rings (SSSR count). The molecule has 1 amide bonds. The molecule has 0 aliphatic heterocycles. The van der Waals surface area contributed by atoms with E-state index in [1.807, 2.05) is 0 Å². The third-order valence-corrected chi connectivity index (χ3v) is 4.42. The van der Waals surface area contributed by atoms with E-state index in [4.69, 9.17) is 11.6 Å². The van der Waals surface area contributed by atoms with Crippen LogP contribution in [0.25, 0.3) is 0 Å². The van der Waals surface area contributed by atoms with Gasteiger partial charge in [-0.1, -0.05) is 23.2 Å². The summed E-state index contributed by atoms with van der Waals surface area (Å²) in [6, 6.07) is 11.2. The van der Waals surface area contributed by atoms with Gasteiger partial charge in [0.15, 0.2) is 0 Å². The molecular formula is C19H19ClN2O. The van der Waals surface area contributed by atoms with Crippen LogP contribution in [0.15, 0.2) is 41.5 Å². The van der Waals surface area contributed by atoms with Crippen LogP contribution in [0.4, 0.5) is 0 Å². The van der Waals surface area contributed by atoms with Gasteiger partial charge in [0.1, 0.15) is 0 Å². The van der Waals surface area contributed by atoms with E-state index in [9.17, 15) is 4.79 Å². The summed E-state index contributed by atoms with van der Waals surface area (Å²) in [5, 5.41) is 5.00. The van der Waals surface area contributed by atoms with Gasteiger partial charge in [0, 0.05) is 16.1 Å². The van der Waals surface area contributed by atoms with E-state index in [2.05, 4.69) is 36.5 Å². The molecule has 1 N–H and O–H groups in total. The Hall–Kier alpha value is -2.13. The lowest BCUT2D eigenvalue weighted by Crippen LogP contribution is -2.22. The summed E-state index contributed by atoms with van der Waals surface area (Å²) >= 11 is 5.84. The summed E-state index contributed by atoms with van der Waals surface area (Å²) in [4.78, 5) is 12.2. The van der Waals surface area contributed by atoms with Crippen molar-refractivity contribution in [2.75, 3.05) is 0 Å². The number of aryl methyl sites for hydroxylation is 2. The normalized spacial score (nSPS) is 15.3. The number of fused-ring (bicyclic) bond motifs is 1. The predicted molar refractivity (Wildman–Crippen MR) is 94.3 cm³/mol. The number of benzene rings is 2. The predicted octanol–water partition coefficient (Wildman–Crippen LogP) is 4.43. The molecule has 0 radical (unpaired) electrons. The second-order valence-corrected chi connectivity index (χ2v) is 6.40. The van der Waals surface area contributed by atoms with Crippen molar-refractivity contribution in [1.82, 2.24) is 5.43 Å². The number of carbonyl (C=O) groups excluding carboxylic acids is 1. The van der Waals surface area contributed by atoms with E-state index in [0.29, 0.717) is 10.6 Å². The van der Waals surface area contributed by atoms with Crippen molar-refractivity contribution < 1.29 is 4.79 Å². The molecule has 0 fully saturated rings. The zero-order valence-corrected chi connectivity index (χ0v) is 14.1. The Bertz CT molecular complexity index is 779. The summed E-state index contributed by atoms with van der Waals surface area (Å²) in [6.45, 7) is 4.23. The highest BCUT2D eigenvalue weighted by Crippen LogP contribution is 2.26. The quantitative estimate of drug-likeness (QED) is 0.815. The van der Waals surface area contributed by atoms with E-state index in [1.54, 1.807) is 24.3 Å². The number of hydrogen-bond donors (Lipinski definition) is 1. The Morgan fingerprint density at radius 2 is 1.87 bits per heavy atom. The Morgan fingerprint density at radius 3 is 2.61 bits per heavy atom. The minimum absolute atomic E-state index is 0.217. The maximum atomic E-state index is 12.2. The molecule has 1 aliphatic carbocycles. The van der Waals surface area contributed by atoms with Crippen LogP contribution < -0.4 is 5.43 Å². The van der Waals surface area contributed by atoms with Gasteiger partial charge in [-0.25, -0.2) is 5.43 Å². The third-order valence-electron chi connectivity index (χ3n) is 4.17. The molecule has 0 spiro atoms. The van der Waals surface area contributed by atoms with Gasteiger partial charge in [-0.2, -0.15) is 5.10 Å². The van der Waals surface area contributed by atoms with Crippen LogP contribution in [0.5, 0.6) is 0 Å². The first kappa shape index (κ1) is 15.8. The van der Waals surface area contributed by atoms with Gasteiger partial charge >= 0.3 is 0 Å². The summed E-state index contributed by atoms with van der Waals surface area (Å²) in [6.07, 6.45) is 3.02. The van der Waals surface area contributed by atoms with Crippen molar-refractivity contribution in [3.63, 3.8) is 0 Å². The monoisotopic (exact) mass is 326 g/mol. The van der Waals surface area contributed by atoms with E-state index < -0.39 is 0 Å². The van der Waals surface area contributed by atoms with Crippen molar-refractivity contribution in [2.45, 2.75) is 33.1 Å². The molecule has 4 heteroatoms. The van der Waals surface area contributed by atoms with Gasteiger partial charge in [-0.15, -0.1) is 0 Å². The number of hydrazone groups is 1. The lowest BCUT2D eigenvalue weighted by atomic mass is 9.86. The van der Waals surface area contributed by atoms with E-state index in [1.165, 1.54) is 22.3 Å². The highest BCUT2D eigenvalue weighted by atomic mass is 35.5. The standard InChI is InChI=1S/C19H19ClN2O/c1-12-10-13(2)16-4-3-5-18(17(16)11-12)21-22-19(23)14-6-8-15(20)9-7-14/h6-11H,3-5H2,1-2H3,(H,22,23). The molecule has 2 aromatic rings. The first-order valence-corrected chi connectivity index (χ1v) is 8.15. The van der Waals surface area contributed by atoms with Crippen LogP contribution in [0.2, 0.25) is 5.02 Å². The van der Waals surface area contributed by atoms with E-state index >= 15 is 0 Å². The first-order chi connectivity index (χ1) is 11.0. The van der Waals surface area contributed by atoms with Crippen LogP contribution in [0, 0.1) is 13.8 Å². The molecule has 0 heterocycles. The average Bonchev–Trinajstić information content (AvgIpc) is 2.53. The second kappa shape index (κ2) is 6.55. The summed E-state index contributed by atoms with van der Waals surface area (Å²) < 4.78 is 0. The lowest BCUT2D eigenvalue weighted by Gasteiger charge is -2.20. The van der Waals surface area contributed by atoms with Gasteiger partial charge in [0.2, 0.25) is 0 Å². The van der Waals surface area contributed by atoms with Crippen molar-refractivity contribution in [1.29, 1.82) is 0 Å². The zero-order valence-electron chi connectivity index (χ0n) is 13.3. The van der Waals surface area contributed by atoms with Gasteiger partial charge in [-0.05, 0) is 74.6 Å². The molecule has 0 atom stereocenters. The Kier molecular flexibility index (Phi) is 4.49. The molecular weight excluding hydrogens is 308 g/mol. The minimum Gasteiger partial charge on any atom is -0.267 e. The van der Waals surface area contributed by atoms with Crippen LogP contribution in [-0.4, -0.2) is 11.6 Å². The number of carbonyl (C=O) groups is 1. The number of halogens is 1. The van der Waals surface area contributed by atoms with Crippen LogP contribution in [0.3, 0.4) is 0 Å². The van der Waals surface area contributed by atoms with Gasteiger partial charge < -0.3 is 0 Å². The minimum atomic E-state index is -0.217. The molecule has 3 nitrogen and oxygen atoms in total. The maximum Gasteiger partial charge on any atom is 0.271 e. The molecule has 23 heavy (non-hydrogen) atoms. The second-order valence-electron chi connectivity index (χ2n) is 5.97. The molecule has 0 unspecified atom stereocenters. The number of rotatable bonds is 2. The van der Waals surface area contributed by atoms with Crippen molar-refractivity contribution >= 4 is 23.2 Å². The highest BCUT2D eigenvalue weighted by Gasteiger charge is 2.18. The number of nitrogens with one attached hydrogen (secondary N) is 1. The highest BCUT2D eigenvalue weighted by molar-refractivity contribution is 6.30. The van der Waals surface area contributed by atoms with E-state index in [-0.39, 0.29) is 5.91 Å². The average molecular weight is 327 g/mol. The first-order valence-electron chi connectivity index (χ1n) is 7.77. The molecule has 1 aliphatic rings. The van der Waals surface area contributed by atoms with Crippen LogP contribution >= 0.6 is 11.6 Å². The van der Waals surface area contributed by atoms with Crippen LogP contribution in [-0.2, 0) is 6.42 Å². The molecule has 118 valence electrons. The fourth-order valence-electron chi connectivity index (χ4n) is 3.05. The molecule has 0 saturated heterocycles. The fraction of sp³-hybridized carbons (Fsp3) is 0.263. The topological polar surface area (TPSA) is 41.5 Å². The number of amides is 1. The van der Waals surface area contributed by atoms with Crippen molar-refractivity contribution in [3.05, 3.63) is 69.2 Å². The van der Waals surface area contributed by atoms with Crippen molar-refractivity contribution in [2.24, 2.45) is 5.10 Å². The number of nitrogens with zero attached hydrogens (tertiary/aromatic N) is 1. The van der Waals surface area contributed by atoms with Crippen molar-refractivity contribution in [3.8, 4) is 0 Å². The Labute approximate surface area is 141 Å². The number of hydrogen-bond acceptors (Lipinski definition) is 2. The maximum absolute atomic E-state index is 12.2. The van der Waals surface area contributed by atoms with E-state index in [0.717, 1.165) is 25.0 Å². The Morgan fingerprint density at radius 1 is 1.13 bits per heavy atom. The third kappa shape index (κ3) is 3.45. The SMILES string of the molecule is Cc1cc(C)c2c(c1)C(=NNC(=O)c1ccc(Cl)cc1)CCC2. The lowest BCUT2D eigenvalue weighted by molar-refractivity contribution is 0.0955.